The van der Waals surface area contributed by atoms with Crippen LogP contribution in [0.2, 0.25) is 0 Å². The number of hydrogen-bond acceptors (Lipinski definition) is 4. The molecule has 0 aromatic carbocycles. The molecule has 2 aromatic heterocycles. The van der Waals surface area contributed by atoms with E-state index in [9.17, 15) is 4.79 Å². The number of thiophene rings is 1. The van der Waals surface area contributed by atoms with Crippen LogP contribution in [-0.4, -0.2) is 10.9 Å². The van der Waals surface area contributed by atoms with Gasteiger partial charge in [0, 0.05) is 16.0 Å². The van der Waals surface area contributed by atoms with E-state index in [2.05, 4.69) is 34.6 Å². The predicted octanol–water partition coefficient (Wildman–Crippen LogP) is 3.08. The van der Waals surface area contributed by atoms with Crippen molar-refractivity contribution in [2.75, 3.05) is 5.73 Å². The van der Waals surface area contributed by atoms with Gasteiger partial charge in [0.1, 0.15) is 5.82 Å². The van der Waals surface area contributed by atoms with E-state index in [1.165, 1.54) is 23.9 Å². The van der Waals surface area contributed by atoms with Gasteiger partial charge in [-0.3, -0.25) is 4.79 Å². The van der Waals surface area contributed by atoms with Crippen LogP contribution in [0.15, 0.2) is 36.5 Å². The number of nitrogens with zero attached hydrogens (tertiary/aromatic N) is 1. The van der Waals surface area contributed by atoms with Crippen LogP contribution in [0.25, 0.3) is 6.08 Å². The Morgan fingerprint density at radius 3 is 2.95 bits per heavy atom. The number of anilines is 1. The third-order valence-corrected chi connectivity index (χ3v) is 4.36. The topological polar surface area (TPSA) is 68.0 Å². The van der Waals surface area contributed by atoms with Gasteiger partial charge in [0.15, 0.2) is 0 Å². The Kier molecular flexibility index (Phi) is 4.01. The molecule has 21 heavy (non-hydrogen) atoms. The van der Waals surface area contributed by atoms with E-state index in [1.807, 2.05) is 0 Å². The molecule has 0 radical (unpaired) electrons. The summed E-state index contributed by atoms with van der Waals surface area (Å²) in [5.74, 6) is 1.07. The zero-order chi connectivity index (χ0) is 14.7. The molecule has 0 unspecified atom stereocenters. The molecule has 0 saturated heterocycles. The number of allylic oxidation sites excluding steroid dienone is 1. The van der Waals surface area contributed by atoms with E-state index in [0.29, 0.717) is 17.9 Å². The maximum Gasteiger partial charge on any atom is 0.253 e. The second-order valence-corrected chi connectivity index (χ2v) is 6.35. The van der Waals surface area contributed by atoms with Crippen molar-refractivity contribution in [3.63, 3.8) is 0 Å². The molecule has 0 spiro atoms. The maximum absolute atomic E-state index is 12.0. The van der Waals surface area contributed by atoms with Gasteiger partial charge in [-0.2, -0.15) is 0 Å². The van der Waals surface area contributed by atoms with E-state index >= 15 is 0 Å². The fourth-order valence-corrected chi connectivity index (χ4v) is 2.77. The smallest absolute Gasteiger partial charge is 0.253 e. The van der Waals surface area contributed by atoms with Gasteiger partial charge in [-0.15, -0.1) is 11.3 Å². The van der Waals surface area contributed by atoms with Gasteiger partial charge in [-0.1, -0.05) is 6.08 Å². The highest BCUT2D eigenvalue weighted by Gasteiger charge is 2.17. The number of carbonyl (C=O) groups is 1. The summed E-state index contributed by atoms with van der Waals surface area (Å²) >= 11 is 1.71. The van der Waals surface area contributed by atoms with Crippen LogP contribution in [-0.2, 0) is 6.54 Å². The van der Waals surface area contributed by atoms with Gasteiger partial charge in [-0.25, -0.2) is 4.98 Å². The zero-order valence-electron chi connectivity index (χ0n) is 11.6. The second-order valence-electron chi connectivity index (χ2n) is 5.16. The Morgan fingerprint density at radius 1 is 1.38 bits per heavy atom. The summed E-state index contributed by atoms with van der Waals surface area (Å²) < 4.78 is 0. The van der Waals surface area contributed by atoms with Crippen molar-refractivity contribution in [3.05, 3.63) is 51.9 Å². The molecule has 0 aliphatic heterocycles. The van der Waals surface area contributed by atoms with E-state index < -0.39 is 0 Å². The van der Waals surface area contributed by atoms with Gasteiger partial charge < -0.3 is 11.1 Å². The van der Waals surface area contributed by atoms with Crippen LogP contribution in [0.3, 0.4) is 0 Å². The van der Waals surface area contributed by atoms with Crippen molar-refractivity contribution < 1.29 is 4.79 Å². The first-order valence-electron chi connectivity index (χ1n) is 6.97. The summed E-state index contributed by atoms with van der Waals surface area (Å²) in [4.78, 5) is 18.3. The van der Waals surface area contributed by atoms with Gasteiger partial charge in [-0.05, 0) is 49.1 Å². The summed E-state index contributed by atoms with van der Waals surface area (Å²) in [7, 11) is 0. The van der Waals surface area contributed by atoms with E-state index in [4.69, 9.17) is 5.73 Å². The lowest BCUT2D eigenvalue weighted by Crippen LogP contribution is -2.22. The summed E-state index contributed by atoms with van der Waals surface area (Å²) in [6, 6.07) is 7.45. The highest BCUT2D eigenvalue weighted by atomic mass is 32.1. The molecule has 1 fully saturated rings. The van der Waals surface area contributed by atoms with Gasteiger partial charge in [0.05, 0.1) is 12.1 Å². The highest BCUT2D eigenvalue weighted by molar-refractivity contribution is 7.12. The molecule has 1 amide bonds. The standard InChI is InChI=1S/C16H17N3OS/c17-15-8-4-12(9-18-15)16(20)19-10-14-7-6-13(21-14)5-3-11-1-2-11/h3-9,11H,1-2,10H2,(H2,17,18)(H,19,20)/b5-3+. The summed E-state index contributed by atoms with van der Waals surface area (Å²) in [6.07, 6.45) is 8.58. The van der Waals surface area contributed by atoms with Crippen molar-refractivity contribution in [2.45, 2.75) is 19.4 Å². The molecule has 0 atom stereocenters. The molecule has 0 bridgehead atoms. The first kappa shape index (κ1) is 13.8. The van der Waals surface area contributed by atoms with Crippen LogP contribution >= 0.6 is 11.3 Å². The monoisotopic (exact) mass is 299 g/mol. The van der Waals surface area contributed by atoms with Crippen LogP contribution in [0.1, 0.15) is 33.0 Å². The van der Waals surface area contributed by atoms with Crippen molar-refractivity contribution >= 4 is 29.1 Å². The van der Waals surface area contributed by atoms with Gasteiger partial charge in [0.2, 0.25) is 0 Å². The van der Waals surface area contributed by atoms with Crippen LogP contribution < -0.4 is 11.1 Å². The average molecular weight is 299 g/mol. The fraction of sp³-hybridized carbons (Fsp3) is 0.250. The first-order chi connectivity index (χ1) is 10.2. The third-order valence-electron chi connectivity index (χ3n) is 3.31. The predicted molar refractivity (Wildman–Crippen MR) is 85.9 cm³/mol. The number of aromatic nitrogens is 1. The number of pyridine rings is 1. The Morgan fingerprint density at radius 2 is 2.24 bits per heavy atom. The lowest BCUT2D eigenvalue weighted by atomic mass is 10.2. The van der Waals surface area contributed by atoms with Gasteiger partial charge >= 0.3 is 0 Å². The molecule has 5 heteroatoms. The lowest BCUT2D eigenvalue weighted by Gasteiger charge is -2.03. The number of rotatable bonds is 5. The Balaban J connectivity index is 1.54. The summed E-state index contributed by atoms with van der Waals surface area (Å²) in [5, 5.41) is 2.89. The van der Waals surface area contributed by atoms with E-state index in [0.717, 1.165) is 10.8 Å². The van der Waals surface area contributed by atoms with Crippen LogP contribution in [0.5, 0.6) is 0 Å². The SMILES string of the molecule is Nc1ccc(C(=O)NCc2ccc(/C=C/C3CC3)s2)cn1. The average Bonchev–Trinajstić information content (AvgIpc) is 3.21. The molecular weight excluding hydrogens is 282 g/mol. The molecule has 1 aliphatic rings. The highest BCUT2D eigenvalue weighted by Crippen LogP contribution is 2.31. The number of carbonyl (C=O) groups excluding carboxylic acids is 1. The van der Waals surface area contributed by atoms with Gasteiger partial charge in [0.25, 0.3) is 5.91 Å². The van der Waals surface area contributed by atoms with Crippen molar-refractivity contribution in [3.8, 4) is 0 Å². The quantitative estimate of drug-likeness (QED) is 0.891. The number of nitrogens with two attached hydrogens (primary N) is 1. The largest absolute Gasteiger partial charge is 0.384 e. The Labute approximate surface area is 127 Å². The molecular formula is C16H17N3OS. The lowest BCUT2D eigenvalue weighted by molar-refractivity contribution is 0.0951. The first-order valence-corrected chi connectivity index (χ1v) is 7.79. The summed E-state index contributed by atoms with van der Waals surface area (Å²) in [5.41, 5.74) is 6.02. The second kappa shape index (κ2) is 6.10. The minimum absolute atomic E-state index is 0.133. The number of amides is 1. The Bertz CT molecular complexity index is 656. The minimum atomic E-state index is -0.133. The van der Waals surface area contributed by atoms with E-state index in [1.54, 1.807) is 23.5 Å². The molecule has 1 aliphatic carbocycles. The van der Waals surface area contributed by atoms with E-state index in [-0.39, 0.29) is 5.91 Å². The van der Waals surface area contributed by atoms with Crippen LogP contribution in [0.4, 0.5) is 5.82 Å². The number of hydrogen-bond donors (Lipinski definition) is 2. The fourth-order valence-electron chi connectivity index (χ4n) is 1.91. The molecule has 3 N–H and O–H groups in total. The third kappa shape index (κ3) is 3.92. The van der Waals surface area contributed by atoms with Crippen LogP contribution in [0, 0.1) is 5.92 Å². The normalized spacial score (nSPS) is 14.5. The number of nitrogens with one attached hydrogen (secondary N) is 1. The maximum atomic E-state index is 12.0. The Hall–Kier alpha value is -2.14. The summed E-state index contributed by atoms with van der Waals surface area (Å²) in [6.45, 7) is 0.533. The molecule has 4 nitrogen and oxygen atoms in total. The molecule has 2 aromatic rings. The molecule has 3 rings (SSSR count). The van der Waals surface area contributed by atoms with Crippen molar-refractivity contribution in [1.29, 1.82) is 0 Å². The zero-order valence-corrected chi connectivity index (χ0v) is 12.4. The molecule has 2 heterocycles. The van der Waals surface area contributed by atoms with Crippen molar-refractivity contribution in [2.24, 2.45) is 5.92 Å². The molecule has 1 saturated carbocycles. The van der Waals surface area contributed by atoms with Crippen molar-refractivity contribution in [1.82, 2.24) is 10.3 Å². The molecule has 108 valence electrons. The minimum Gasteiger partial charge on any atom is -0.384 e. The number of nitrogen functional groups attached to an aromatic ring is 1.